The highest BCUT2D eigenvalue weighted by atomic mass is 32.2. The lowest BCUT2D eigenvalue weighted by Crippen LogP contribution is -2.25. The molecule has 0 spiro atoms. The van der Waals surface area contributed by atoms with Crippen molar-refractivity contribution in [2.75, 3.05) is 6.54 Å². The fraction of sp³-hybridized carbons (Fsp3) is 0.250. The molecule has 1 aromatic heterocycles. The Morgan fingerprint density at radius 2 is 2.14 bits per heavy atom. The molecule has 0 aliphatic heterocycles. The van der Waals surface area contributed by atoms with Crippen molar-refractivity contribution in [2.24, 2.45) is 0 Å². The lowest BCUT2D eigenvalue weighted by molar-refractivity contribution is 0.0693. The molecule has 1 aromatic carbocycles. The number of hydrogen-bond acceptors (Lipinski definition) is 6. The summed E-state index contributed by atoms with van der Waals surface area (Å²) < 4.78 is 28.0. The standard InChI is InChI=1S/C12H14N4O5S/c17-11-3-2-9(6-10(11)12(18)19)22(20,21)15-4-1-5-16-8-13-7-14-16/h2-3,6-8,15,17H,1,4-5H2,(H,18,19). The number of aromatic carboxylic acids is 1. The van der Waals surface area contributed by atoms with Crippen LogP contribution in [0.3, 0.4) is 0 Å². The predicted molar refractivity (Wildman–Crippen MR) is 74.9 cm³/mol. The van der Waals surface area contributed by atoms with Gasteiger partial charge in [0.05, 0.1) is 4.90 Å². The first-order valence-electron chi connectivity index (χ1n) is 6.28. The van der Waals surface area contributed by atoms with Gasteiger partial charge in [0.15, 0.2) is 0 Å². The second-order valence-corrected chi connectivity index (χ2v) is 6.16. The van der Waals surface area contributed by atoms with Gasteiger partial charge in [-0.15, -0.1) is 0 Å². The van der Waals surface area contributed by atoms with Gasteiger partial charge in [0.2, 0.25) is 10.0 Å². The van der Waals surface area contributed by atoms with Crippen LogP contribution in [0.25, 0.3) is 0 Å². The van der Waals surface area contributed by atoms with Gasteiger partial charge >= 0.3 is 5.97 Å². The molecule has 3 N–H and O–H groups in total. The van der Waals surface area contributed by atoms with Crippen molar-refractivity contribution in [1.82, 2.24) is 19.5 Å². The largest absolute Gasteiger partial charge is 0.507 e. The third kappa shape index (κ3) is 3.80. The van der Waals surface area contributed by atoms with E-state index in [1.54, 1.807) is 4.68 Å². The van der Waals surface area contributed by atoms with Gasteiger partial charge in [-0.3, -0.25) is 4.68 Å². The summed E-state index contributed by atoms with van der Waals surface area (Å²) in [6, 6.07) is 3.09. The number of aromatic hydroxyl groups is 1. The minimum Gasteiger partial charge on any atom is -0.507 e. The molecular formula is C12H14N4O5S. The molecule has 0 aliphatic rings. The van der Waals surface area contributed by atoms with Gasteiger partial charge < -0.3 is 10.2 Å². The zero-order valence-electron chi connectivity index (χ0n) is 11.4. The Bertz CT molecular complexity index is 758. The molecule has 0 aliphatic carbocycles. The van der Waals surface area contributed by atoms with E-state index < -0.39 is 27.3 Å². The average molecular weight is 326 g/mol. The predicted octanol–water partition coefficient (Wildman–Crippen LogP) is 0.0505. The maximum atomic E-state index is 12.1. The molecule has 0 saturated carbocycles. The van der Waals surface area contributed by atoms with Crippen LogP contribution in [0, 0.1) is 0 Å². The molecule has 10 heteroatoms. The maximum absolute atomic E-state index is 12.1. The van der Waals surface area contributed by atoms with E-state index in [1.165, 1.54) is 12.7 Å². The van der Waals surface area contributed by atoms with E-state index in [9.17, 15) is 18.3 Å². The summed E-state index contributed by atoms with van der Waals surface area (Å²) >= 11 is 0. The van der Waals surface area contributed by atoms with Crippen LogP contribution in [0.5, 0.6) is 5.75 Å². The quantitative estimate of drug-likeness (QED) is 0.612. The molecule has 0 unspecified atom stereocenters. The first-order valence-corrected chi connectivity index (χ1v) is 7.77. The van der Waals surface area contributed by atoms with E-state index in [0.717, 1.165) is 18.2 Å². The third-order valence-corrected chi connectivity index (χ3v) is 4.29. The van der Waals surface area contributed by atoms with Gasteiger partial charge in [-0.1, -0.05) is 0 Å². The fourth-order valence-electron chi connectivity index (χ4n) is 1.73. The van der Waals surface area contributed by atoms with E-state index in [2.05, 4.69) is 14.8 Å². The van der Waals surface area contributed by atoms with Crippen LogP contribution in [0.1, 0.15) is 16.8 Å². The summed E-state index contributed by atoms with van der Waals surface area (Å²) in [6.45, 7) is 0.657. The van der Waals surface area contributed by atoms with Gasteiger partial charge in [-0.2, -0.15) is 5.10 Å². The summed E-state index contributed by atoms with van der Waals surface area (Å²) in [5, 5.41) is 22.1. The number of nitrogens with one attached hydrogen (secondary N) is 1. The third-order valence-electron chi connectivity index (χ3n) is 2.83. The Kier molecular flexibility index (Phi) is 4.73. The van der Waals surface area contributed by atoms with Crippen LogP contribution in [-0.2, 0) is 16.6 Å². The summed E-state index contributed by atoms with van der Waals surface area (Å²) in [6.07, 6.45) is 3.40. The van der Waals surface area contributed by atoms with E-state index in [4.69, 9.17) is 5.11 Å². The van der Waals surface area contributed by atoms with Crippen molar-refractivity contribution >= 4 is 16.0 Å². The first-order chi connectivity index (χ1) is 10.4. The molecule has 22 heavy (non-hydrogen) atoms. The van der Waals surface area contributed by atoms with Crippen LogP contribution in [-0.4, -0.2) is 45.9 Å². The number of phenols is 1. The number of aromatic nitrogens is 3. The normalized spacial score (nSPS) is 11.5. The number of carboxylic acid groups (broad SMARTS) is 1. The Morgan fingerprint density at radius 1 is 1.36 bits per heavy atom. The smallest absolute Gasteiger partial charge is 0.339 e. The van der Waals surface area contributed by atoms with Gasteiger partial charge in [0, 0.05) is 13.1 Å². The summed E-state index contributed by atoms with van der Waals surface area (Å²) in [5.74, 6) is -1.89. The number of rotatable bonds is 7. The molecule has 0 fully saturated rings. The summed E-state index contributed by atoms with van der Waals surface area (Å²) in [4.78, 5) is 14.4. The van der Waals surface area contributed by atoms with Gasteiger partial charge in [0.25, 0.3) is 0 Å². The van der Waals surface area contributed by atoms with Crippen LogP contribution >= 0.6 is 0 Å². The lowest BCUT2D eigenvalue weighted by Gasteiger charge is -2.08. The molecule has 0 radical (unpaired) electrons. The molecule has 9 nitrogen and oxygen atoms in total. The molecular weight excluding hydrogens is 312 g/mol. The number of nitrogens with zero attached hydrogens (tertiary/aromatic N) is 3. The highest BCUT2D eigenvalue weighted by Crippen LogP contribution is 2.21. The van der Waals surface area contributed by atoms with Crippen molar-refractivity contribution in [3.63, 3.8) is 0 Å². The molecule has 2 rings (SSSR count). The second kappa shape index (κ2) is 6.54. The van der Waals surface area contributed by atoms with E-state index in [-0.39, 0.29) is 11.4 Å². The van der Waals surface area contributed by atoms with Crippen molar-refractivity contribution in [1.29, 1.82) is 0 Å². The monoisotopic (exact) mass is 326 g/mol. The van der Waals surface area contributed by atoms with Gasteiger partial charge in [0.1, 0.15) is 24.0 Å². The average Bonchev–Trinajstić information content (AvgIpc) is 2.97. The van der Waals surface area contributed by atoms with Gasteiger partial charge in [-0.25, -0.2) is 22.9 Å². The van der Waals surface area contributed by atoms with E-state index in [1.807, 2.05) is 0 Å². The number of sulfonamides is 1. The number of aryl methyl sites for hydroxylation is 1. The molecule has 0 bridgehead atoms. The molecule has 0 amide bonds. The second-order valence-electron chi connectivity index (χ2n) is 4.39. The van der Waals surface area contributed by atoms with Gasteiger partial charge in [-0.05, 0) is 24.6 Å². The molecule has 1 heterocycles. The SMILES string of the molecule is O=C(O)c1cc(S(=O)(=O)NCCCn2cncn2)ccc1O. The summed E-state index contributed by atoms with van der Waals surface area (Å²) in [5.41, 5.74) is -0.467. The Hall–Kier alpha value is -2.46. The molecule has 0 saturated heterocycles. The Balaban J connectivity index is 2.00. The fourth-order valence-corrected chi connectivity index (χ4v) is 2.83. The van der Waals surface area contributed by atoms with Crippen molar-refractivity contribution < 1.29 is 23.4 Å². The van der Waals surface area contributed by atoms with Crippen LogP contribution in [0.4, 0.5) is 0 Å². The lowest BCUT2D eigenvalue weighted by atomic mass is 10.2. The highest BCUT2D eigenvalue weighted by molar-refractivity contribution is 7.89. The first kappa shape index (κ1) is 15.9. The Morgan fingerprint density at radius 3 is 2.77 bits per heavy atom. The van der Waals surface area contributed by atoms with Crippen molar-refractivity contribution in [3.05, 3.63) is 36.4 Å². The molecule has 0 atom stereocenters. The molecule has 2 aromatic rings. The number of benzene rings is 1. The number of carboxylic acids is 1. The van der Waals surface area contributed by atoms with Crippen molar-refractivity contribution in [2.45, 2.75) is 17.9 Å². The Labute approximate surface area is 126 Å². The zero-order valence-corrected chi connectivity index (χ0v) is 12.2. The minimum atomic E-state index is -3.84. The number of hydrogen-bond donors (Lipinski definition) is 3. The molecule has 118 valence electrons. The van der Waals surface area contributed by atoms with Crippen LogP contribution in [0.15, 0.2) is 35.7 Å². The zero-order chi connectivity index (χ0) is 16.2. The highest BCUT2D eigenvalue weighted by Gasteiger charge is 2.18. The number of carbonyl (C=O) groups is 1. The van der Waals surface area contributed by atoms with Crippen LogP contribution in [0.2, 0.25) is 0 Å². The minimum absolute atomic E-state index is 0.158. The van der Waals surface area contributed by atoms with Crippen LogP contribution < -0.4 is 4.72 Å². The topological polar surface area (TPSA) is 134 Å². The van der Waals surface area contributed by atoms with E-state index in [0.29, 0.717) is 13.0 Å². The van der Waals surface area contributed by atoms with E-state index >= 15 is 0 Å². The van der Waals surface area contributed by atoms with Crippen molar-refractivity contribution in [3.8, 4) is 5.75 Å². The maximum Gasteiger partial charge on any atom is 0.339 e. The summed E-state index contributed by atoms with van der Waals surface area (Å²) in [7, 11) is -3.84.